The van der Waals surface area contributed by atoms with E-state index in [2.05, 4.69) is 24.8 Å². The molecule has 0 bridgehead atoms. The fourth-order valence-corrected chi connectivity index (χ4v) is 3.12. The van der Waals surface area contributed by atoms with Crippen LogP contribution in [0.5, 0.6) is 0 Å². The maximum Gasteiger partial charge on any atom is 0.251 e. The van der Waals surface area contributed by atoms with E-state index < -0.39 is 0 Å². The summed E-state index contributed by atoms with van der Waals surface area (Å²) in [7, 11) is 0. The van der Waals surface area contributed by atoms with Crippen molar-refractivity contribution in [2.75, 3.05) is 0 Å². The first-order valence-corrected chi connectivity index (χ1v) is 8.16. The molecule has 1 amide bonds. The quantitative estimate of drug-likeness (QED) is 0.785. The summed E-state index contributed by atoms with van der Waals surface area (Å²) in [5.41, 5.74) is 4.00. The average Bonchev–Trinajstić information content (AvgIpc) is 3.03. The standard InChI is InChI=1S/C18H19N5O/c1-11-12(2)21-16-9-13(3-5-15(16)20-11)18(24)22-14-4-6-17-19-7-8-23(17)10-14/h3,5,7-9,14H,4,6,10H2,1-2H3,(H,22,24). The second-order valence-electron chi connectivity index (χ2n) is 6.30. The van der Waals surface area contributed by atoms with Crippen LogP contribution in [0.3, 0.4) is 0 Å². The molecule has 4 rings (SSSR count). The van der Waals surface area contributed by atoms with Crippen LogP contribution >= 0.6 is 0 Å². The third kappa shape index (κ3) is 2.64. The predicted molar refractivity (Wildman–Crippen MR) is 90.8 cm³/mol. The summed E-state index contributed by atoms with van der Waals surface area (Å²) in [6.45, 7) is 4.64. The monoisotopic (exact) mass is 321 g/mol. The van der Waals surface area contributed by atoms with E-state index in [9.17, 15) is 4.79 Å². The first-order valence-electron chi connectivity index (χ1n) is 8.16. The van der Waals surface area contributed by atoms with Crippen LogP contribution in [-0.4, -0.2) is 31.5 Å². The van der Waals surface area contributed by atoms with Gasteiger partial charge in [-0.1, -0.05) is 0 Å². The molecule has 0 spiro atoms. The first kappa shape index (κ1) is 14.8. The van der Waals surface area contributed by atoms with Crippen molar-refractivity contribution in [2.45, 2.75) is 39.3 Å². The number of fused-ring (bicyclic) bond motifs is 2. The van der Waals surface area contributed by atoms with Gasteiger partial charge in [-0.2, -0.15) is 0 Å². The molecule has 3 aromatic rings. The van der Waals surface area contributed by atoms with Gasteiger partial charge in [-0.15, -0.1) is 0 Å². The Balaban J connectivity index is 1.54. The van der Waals surface area contributed by atoms with Gasteiger partial charge in [-0.25, -0.2) is 15.0 Å². The van der Waals surface area contributed by atoms with Crippen molar-refractivity contribution >= 4 is 16.9 Å². The maximum absolute atomic E-state index is 12.6. The highest BCUT2D eigenvalue weighted by Gasteiger charge is 2.21. The number of nitrogens with one attached hydrogen (secondary N) is 1. The SMILES string of the molecule is Cc1nc2ccc(C(=O)NC3CCc4nccn4C3)cc2nc1C. The van der Waals surface area contributed by atoms with E-state index in [1.54, 1.807) is 0 Å². The molecule has 24 heavy (non-hydrogen) atoms. The number of carbonyl (C=O) groups is 1. The Morgan fingerprint density at radius 3 is 2.83 bits per heavy atom. The fraction of sp³-hybridized carbons (Fsp3) is 0.333. The number of rotatable bonds is 2. The molecule has 1 aliphatic heterocycles. The molecule has 0 radical (unpaired) electrons. The van der Waals surface area contributed by atoms with Crippen molar-refractivity contribution in [1.82, 2.24) is 24.8 Å². The minimum absolute atomic E-state index is 0.0644. The van der Waals surface area contributed by atoms with Crippen molar-refractivity contribution in [2.24, 2.45) is 0 Å². The summed E-state index contributed by atoms with van der Waals surface area (Å²) in [6, 6.07) is 5.61. The lowest BCUT2D eigenvalue weighted by Crippen LogP contribution is -2.40. The van der Waals surface area contributed by atoms with Crippen LogP contribution in [0.1, 0.15) is 34.0 Å². The molecule has 0 fully saturated rings. The van der Waals surface area contributed by atoms with E-state index in [0.29, 0.717) is 5.56 Å². The Morgan fingerprint density at radius 2 is 2.00 bits per heavy atom. The number of hydrogen-bond donors (Lipinski definition) is 1. The van der Waals surface area contributed by atoms with E-state index in [-0.39, 0.29) is 11.9 Å². The molecule has 3 heterocycles. The molecule has 122 valence electrons. The van der Waals surface area contributed by atoms with Gasteiger partial charge in [-0.3, -0.25) is 4.79 Å². The number of hydrogen-bond acceptors (Lipinski definition) is 4. The van der Waals surface area contributed by atoms with Gasteiger partial charge in [-0.05, 0) is 38.5 Å². The molecule has 1 atom stereocenters. The average molecular weight is 321 g/mol. The summed E-state index contributed by atoms with van der Waals surface area (Å²) in [4.78, 5) is 25.9. The topological polar surface area (TPSA) is 72.7 Å². The van der Waals surface area contributed by atoms with Crippen LogP contribution in [0.25, 0.3) is 11.0 Å². The van der Waals surface area contributed by atoms with Crippen molar-refractivity contribution in [3.8, 4) is 0 Å². The molecular weight excluding hydrogens is 302 g/mol. The fourth-order valence-electron chi connectivity index (χ4n) is 3.12. The van der Waals surface area contributed by atoms with Crippen LogP contribution in [-0.2, 0) is 13.0 Å². The molecule has 1 N–H and O–H groups in total. The van der Waals surface area contributed by atoms with Gasteiger partial charge in [0.25, 0.3) is 5.91 Å². The zero-order valence-electron chi connectivity index (χ0n) is 13.8. The van der Waals surface area contributed by atoms with E-state index >= 15 is 0 Å². The number of carbonyl (C=O) groups excluding carboxylic acids is 1. The Labute approximate surface area is 140 Å². The minimum atomic E-state index is -0.0644. The van der Waals surface area contributed by atoms with E-state index in [0.717, 1.165) is 47.6 Å². The summed E-state index contributed by atoms with van der Waals surface area (Å²) < 4.78 is 2.10. The molecule has 6 nitrogen and oxygen atoms in total. The summed E-state index contributed by atoms with van der Waals surface area (Å²) >= 11 is 0. The van der Waals surface area contributed by atoms with Crippen molar-refractivity contribution in [3.63, 3.8) is 0 Å². The third-order valence-corrected chi connectivity index (χ3v) is 4.61. The molecule has 1 aromatic carbocycles. The Kier molecular flexibility index (Phi) is 3.52. The zero-order valence-corrected chi connectivity index (χ0v) is 13.8. The highest BCUT2D eigenvalue weighted by Crippen LogP contribution is 2.16. The number of nitrogens with zero attached hydrogens (tertiary/aromatic N) is 4. The maximum atomic E-state index is 12.6. The van der Waals surface area contributed by atoms with E-state index in [1.807, 2.05) is 44.4 Å². The van der Waals surface area contributed by atoms with Gasteiger partial charge in [0.05, 0.1) is 22.4 Å². The highest BCUT2D eigenvalue weighted by atomic mass is 16.1. The predicted octanol–water partition coefficient (Wildman–Crippen LogP) is 2.19. The lowest BCUT2D eigenvalue weighted by Gasteiger charge is -2.24. The number of imidazole rings is 1. The van der Waals surface area contributed by atoms with Gasteiger partial charge < -0.3 is 9.88 Å². The molecule has 0 saturated carbocycles. The Hall–Kier alpha value is -2.76. The number of aromatic nitrogens is 4. The Bertz CT molecular complexity index is 930. The second kappa shape index (κ2) is 5.70. The van der Waals surface area contributed by atoms with Crippen molar-refractivity contribution in [3.05, 3.63) is 53.4 Å². The molecule has 0 saturated heterocycles. The molecule has 0 aliphatic carbocycles. The van der Waals surface area contributed by atoms with E-state index in [4.69, 9.17) is 0 Å². The minimum Gasteiger partial charge on any atom is -0.347 e. The van der Waals surface area contributed by atoms with Crippen molar-refractivity contribution in [1.29, 1.82) is 0 Å². The lowest BCUT2D eigenvalue weighted by atomic mass is 10.1. The van der Waals surface area contributed by atoms with Gasteiger partial charge >= 0.3 is 0 Å². The van der Waals surface area contributed by atoms with Crippen LogP contribution < -0.4 is 5.32 Å². The van der Waals surface area contributed by atoms with Gasteiger partial charge in [0, 0.05) is 37.0 Å². The lowest BCUT2D eigenvalue weighted by molar-refractivity contribution is 0.0927. The highest BCUT2D eigenvalue weighted by molar-refractivity contribution is 5.97. The van der Waals surface area contributed by atoms with Crippen LogP contribution in [0.15, 0.2) is 30.6 Å². The summed E-state index contributed by atoms with van der Waals surface area (Å²) in [5, 5.41) is 3.12. The largest absolute Gasteiger partial charge is 0.347 e. The zero-order chi connectivity index (χ0) is 16.7. The van der Waals surface area contributed by atoms with Gasteiger partial charge in [0.2, 0.25) is 0 Å². The van der Waals surface area contributed by atoms with Gasteiger partial charge in [0.1, 0.15) is 5.82 Å². The molecule has 1 unspecified atom stereocenters. The molecule has 1 aliphatic rings. The second-order valence-corrected chi connectivity index (χ2v) is 6.30. The normalized spacial score (nSPS) is 16.8. The Morgan fingerprint density at radius 1 is 1.21 bits per heavy atom. The van der Waals surface area contributed by atoms with Crippen LogP contribution in [0, 0.1) is 13.8 Å². The molecular formula is C18H19N5O. The summed E-state index contributed by atoms with van der Waals surface area (Å²) in [5.74, 6) is 1.03. The third-order valence-electron chi connectivity index (χ3n) is 4.61. The smallest absolute Gasteiger partial charge is 0.251 e. The van der Waals surface area contributed by atoms with Crippen molar-refractivity contribution < 1.29 is 4.79 Å². The number of amides is 1. The van der Waals surface area contributed by atoms with Crippen LogP contribution in [0.4, 0.5) is 0 Å². The number of aryl methyl sites for hydroxylation is 3. The molecule has 2 aromatic heterocycles. The molecule has 6 heteroatoms. The van der Waals surface area contributed by atoms with Crippen LogP contribution in [0.2, 0.25) is 0 Å². The van der Waals surface area contributed by atoms with E-state index in [1.165, 1.54) is 0 Å². The number of benzene rings is 1. The van der Waals surface area contributed by atoms with Gasteiger partial charge in [0.15, 0.2) is 0 Å². The first-order chi connectivity index (χ1) is 11.6. The summed E-state index contributed by atoms with van der Waals surface area (Å²) in [6.07, 6.45) is 5.57.